The van der Waals surface area contributed by atoms with Crippen molar-refractivity contribution in [1.82, 2.24) is 10.2 Å². The molecule has 1 atom stereocenters. The van der Waals surface area contributed by atoms with Crippen molar-refractivity contribution in [2.45, 2.75) is 13.0 Å². The lowest BCUT2D eigenvalue weighted by Crippen LogP contribution is -2.51. The van der Waals surface area contributed by atoms with Crippen LogP contribution in [-0.2, 0) is 0 Å². The van der Waals surface area contributed by atoms with E-state index in [2.05, 4.69) is 5.32 Å². The van der Waals surface area contributed by atoms with Gasteiger partial charge in [0.25, 0.3) is 5.91 Å². The van der Waals surface area contributed by atoms with Crippen molar-refractivity contribution in [3.8, 4) is 5.75 Å². The summed E-state index contributed by atoms with van der Waals surface area (Å²) in [6, 6.07) is 4.57. The van der Waals surface area contributed by atoms with Gasteiger partial charge in [-0.1, -0.05) is 0 Å². The first-order valence-corrected chi connectivity index (χ1v) is 5.98. The lowest BCUT2D eigenvalue weighted by atomic mass is 10.1. The summed E-state index contributed by atoms with van der Waals surface area (Å²) < 4.78 is 18.4. The van der Waals surface area contributed by atoms with Crippen LogP contribution >= 0.6 is 0 Å². The fourth-order valence-electron chi connectivity index (χ4n) is 2.10. The summed E-state index contributed by atoms with van der Waals surface area (Å²) in [4.78, 5) is 13.9. The maximum absolute atomic E-state index is 13.5. The summed E-state index contributed by atoms with van der Waals surface area (Å²) >= 11 is 0. The number of hydrogen-bond donors (Lipinski definition) is 1. The second-order valence-corrected chi connectivity index (χ2v) is 4.46. The first-order chi connectivity index (χ1) is 8.61. The van der Waals surface area contributed by atoms with Crippen LogP contribution in [0, 0.1) is 5.82 Å². The summed E-state index contributed by atoms with van der Waals surface area (Å²) in [6.07, 6.45) is 0. The molecule has 1 aromatic rings. The number of methoxy groups -OCH3 is 1. The van der Waals surface area contributed by atoms with Crippen LogP contribution < -0.4 is 10.1 Å². The minimum atomic E-state index is -0.508. The molecule has 0 saturated carbocycles. The first-order valence-electron chi connectivity index (χ1n) is 5.98. The highest BCUT2D eigenvalue weighted by Crippen LogP contribution is 2.19. The van der Waals surface area contributed by atoms with E-state index < -0.39 is 5.82 Å². The van der Waals surface area contributed by atoms with Gasteiger partial charge in [-0.2, -0.15) is 0 Å². The molecular formula is C13H17FN2O2. The summed E-state index contributed by atoms with van der Waals surface area (Å²) in [5.41, 5.74) is 0.363. The Bertz CT molecular complexity index is 451. The molecule has 18 heavy (non-hydrogen) atoms. The van der Waals surface area contributed by atoms with Gasteiger partial charge in [0, 0.05) is 31.2 Å². The molecule has 98 valence electrons. The Morgan fingerprint density at radius 3 is 2.94 bits per heavy atom. The highest BCUT2D eigenvalue weighted by Gasteiger charge is 2.22. The van der Waals surface area contributed by atoms with Crippen molar-refractivity contribution in [2.75, 3.05) is 26.7 Å². The van der Waals surface area contributed by atoms with E-state index in [0.29, 0.717) is 18.7 Å². The van der Waals surface area contributed by atoms with Gasteiger partial charge in [0.1, 0.15) is 0 Å². The monoisotopic (exact) mass is 252 g/mol. The largest absolute Gasteiger partial charge is 0.494 e. The number of piperazine rings is 1. The topological polar surface area (TPSA) is 41.6 Å². The van der Waals surface area contributed by atoms with Crippen LogP contribution in [0.4, 0.5) is 4.39 Å². The van der Waals surface area contributed by atoms with E-state index in [4.69, 9.17) is 4.74 Å². The number of nitrogens with zero attached hydrogens (tertiary/aromatic N) is 1. The van der Waals surface area contributed by atoms with Crippen molar-refractivity contribution in [2.24, 2.45) is 0 Å². The molecule has 0 aliphatic carbocycles. The van der Waals surface area contributed by atoms with Crippen LogP contribution in [-0.4, -0.2) is 43.6 Å². The quantitative estimate of drug-likeness (QED) is 0.861. The van der Waals surface area contributed by atoms with Gasteiger partial charge < -0.3 is 15.0 Å². The molecule has 4 nitrogen and oxygen atoms in total. The molecule has 0 unspecified atom stereocenters. The smallest absolute Gasteiger partial charge is 0.254 e. The van der Waals surface area contributed by atoms with Gasteiger partial charge in [-0.3, -0.25) is 4.79 Å². The second kappa shape index (κ2) is 5.35. The minimum Gasteiger partial charge on any atom is -0.494 e. The molecule has 1 aliphatic heterocycles. The van der Waals surface area contributed by atoms with E-state index in [1.165, 1.54) is 19.2 Å². The Labute approximate surface area is 106 Å². The summed E-state index contributed by atoms with van der Waals surface area (Å²) in [5.74, 6) is -0.489. The standard InChI is InChI=1S/C13H17FN2O2/c1-9-8-16(6-5-15-9)13(17)10-3-4-12(18-2)11(14)7-10/h3-4,7,9,15H,5-6,8H2,1-2H3/t9-/m0/s1. The highest BCUT2D eigenvalue weighted by atomic mass is 19.1. The average molecular weight is 252 g/mol. The normalized spacial score (nSPS) is 19.7. The van der Waals surface area contributed by atoms with Crippen LogP contribution in [0.5, 0.6) is 5.75 Å². The van der Waals surface area contributed by atoms with E-state index in [1.54, 1.807) is 11.0 Å². The molecule has 0 radical (unpaired) electrons. The van der Waals surface area contributed by atoms with Gasteiger partial charge in [-0.05, 0) is 25.1 Å². The number of ether oxygens (including phenoxy) is 1. The summed E-state index contributed by atoms with van der Waals surface area (Å²) in [7, 11) is 1.40. The Balaban J connectivity index is 2.15. The molecule has 1 saturated heterocycles. The van der Waals surface area contributed by atoms with E-state index in [1.807, 2.05) is 6.92 Å². The number of benzene rings is 1. The van der Waals surface area contributed by atoms with Crippen molar-refractivity contribution in [3.63, 3.8) is 0 Å². The third-order valence-electron chi connectivity index (χ3n) is 3.05. The van der Waals surface area contributed by atoms with E-state index >= 15 is 0 Å². The molecule has 1 heterocycles. The van der Waals surface area contributed by atoms with Gasteiger partial charge in [0.2, 0.25) is 0 Å². The average Bonchev–Trinajstić information content (AvgIpc) is 2.37. The summed E-state index contributed by atoms with van der Waals surface area (Å²) in [6.45, 7) is 4.09. The molecule has 1 N–H and O–H groups in total. The Morgan fingerprint density at radius 2 is 2.33 bits per heavy atom. The maximum Gasteiger partial charge on any atom is 0.254 e. The predicted molar refractivity (Wildman–Crippen MR) is 66.3 cm³/mol. The van der Waals surface area contributed by atoms with E-state index in [-0.39, 0.29) is 17.7 Å². The Hall–Kier alpha value is -1.62. The highest BCUT2D eigenvalue weighted by molar-refractivity contribution is 5.94. The zero-order valence-electron chi connectivity index (χ0n) is 10.6. The van der Waals surface area contributed by atoms with Crippen LogP contribution in [0.2, 0.25) is 0 Å². The molecule has 5 heteroatoms. The lowest BCUT2D eigenvalue weighted by molar-refractivity contribution is 0.0708. The number of carbonyl (C=O) groups is 1. The zero-order valence-corrected chi connectivity index (χ0v) is 10.6. The van der Waals surface area contributed by atoms with Gasteiger partial charge in [0.05, 0.1) is 7.11 Å². The van der Waals surface area contributed by atoms with Crippen molar-refractivity contribution < 1.29 is 13.9 Å². The Morgan fingerprint density at radius 1 is 1.56 bits per heavy atom. The number of halogens is 1. The molecule has 1 aliphatic rings. The van der Waals surface area contributed by atoms with Crippen LogP contribution in [0.1, 0.15) is 17.3 Å². The molecule has 1 amide bonds. The first kappa shape index (κ1) is 12.8. The van der Waals surface area contributed by atoms with Crippen molar-refractivity contribution in [1.29, 1.82) is 0 Å². The number of hydrogen-bond acceptors (Lipinski definition) is 3. The third-order valence-corrected chi connectivity index (χ3v) is 3.05. The molecule has 0 spiro atoms. The van der Waals surface area contributed by atoms with Crippen LogP contribution in [0.25, 0.3) is 0 Å². The fraction of sp³-hybridized carbons (Fsp3) is 0.462. The maximum atomic E-state index is 13.5. The minimum absolute atomic E-state index is 0.134. The SMILES string of the molecule is COc1ccc(C(=O)N2CCN[C@@H](C)C2)cc1F. The lowest BCUT2D eigenvalue weighted by Gasteiger charge is -2.32. The van der Waals surface area contributed by atoms with Crippen LogP contribution in [0.15, 0.2) is 18.2 Å². The zero-order chi connectivity index (χ0) is 13.1. The third kappa shape index (κ3) is 2.61. The molecule has 0 aromatic heterocycles. The molecule has 0 bridgehead atoms. The van der Waals surface area contributed by atoms with E-state index in [0.717, 1.165) is 6.54 Å². The van der Waals surface area contributed by atoms with Gasteiger partial charge >= 0.3 is 0 Å². The van der Waals surface area contributed by atoms with Crippen molar-refractivity contribution in [3.05, 3.63) is 29.6 Å². The molecule has 1 aromatic carbocycles. The second-order valence-electron chi connectivity index (χ2n) is 4.46. The molecule has 2 rings (SSSR count). The Kier molecular flexibility index (Phi) is 3.81. The molecular weight excluding hydrogens is 235 g/mol. The van der Waals surface area contributed by atoms with Gasteiger partial charge in [0.15, 0.2) is 11.6 Å². The van der Waals surface area contributed by atoms with Gasteiger partial charge in [-0.15, -0.1) is 0 Å². The molecule has 1 fully saturated rings. The van der Waals surface area contributed by atoms with Gasteiger partial charge in [-0.25, -0.2) is 4.39 Å². The number of rotatable bonds is 2. The summed E-state index contributed by atoms with van der Waals surface area (Å²) in [5, 5.41) is 3.26. The number of amides is 1. The van der Waals surface area contributed by atoms with Crippen LogP contribution in [0.3, 0.4) is 0 Å². The number of carbonyl (C=O) groups excluding carboxylic acids is 1. The van der Waals surface area contributed by atoms with Crippen molar-refractivity contribution >= 4 is 5.91 Å². The predicted octanol–water partition coefficient (Wildman–Crippen LogP) is 1.27. The number of nitrogens with one attached hydrogen (secondary N) is 1. The fourth-order valence-corrected chi connectivity index (χ4v) is 2.10. The van der Waals surface area contributed by atoms with E-state index in [9.17, 15) is 9.18 Å².